The average Bonchev–Trinajstić information content (AvgIpc) is 2.41. The van der Waals surface area contributed by atoms with Crippen molar-refractivity contribution in [3.05, 3.63) is 52.8 Å². The van der Waals surface area contributed by atoms with Crippen LogP contribution in [0, 0.1) is 5.82 Å². The number of benzene rings is 2. The summed E-state index contributed by atoms with van der Waals surface area (Å²) in [6.45, 7) is 0.279. The molecule has 0 aliphatic rings. The number of rotatable bonds is 4. The third kappa shape index (κ3) is 3.33. The van der Waals surface area contributed by atoms with Crippen molar-refractivity contribution in [2.45, 2.75) is 6.61 Å². The largest absolute Gasteiger partial charge is 0.487 e. The van der Waals surface area contributed by atoms with Gasteiger partial charge in [0.2, 0.25) is 0 Å². The van der Waals surface area contributed by atoms with Gasteiger partial charge in [-0.1, -0.05) is 17.7 Å². The zero-order valence-corrected chi connectivity index (χ0v) is 12.1. The van der Waals surface area contributed by atoms with Crippen molar-refractivity contribution in [1.29, 1.82) is 0 Å². The van der Waals surface area contributed by atoms with E-state index in [2.05, 4.69) is 0 Å². The number of ether oxygens (including phenoxy) is 1. The number of nitrogens with zero attached hydrogens (tertiary/aromatic N) is 1. The van der Waals surface area contributed by atoms with Crippen LogP contribution in [0.4, 0.5) is 15.8 Å². The number of nitrogen functional groups attached to an aromatic ring is 1. The number of hydrogen-bond acceptors (Lipinski definition) is 3. The second-order valence-electron chi connectivity index (χ2n) is 4.65. The van der Waals surface area contributed by atoms with E-state index in [0.717, 1.165) is 11.3 Å². The Kier molecular flexibility index (Phi) is 4.35. The van der Waals surface area contributed by atoms with Gasteiger partial charge in [0.1, 0.15) is 18.2 Å². The molecule has 2 N–H and O–H groups in total. The standard InChI is InChI=1S/C15H16ClFN2O/c1-19(2)11-4-6-14(18)15(8-11)20-9-10-3-5-13(17)12(16)7-10/h3-8H,9,18H2,1-2H3. The molecule has 0 radical (unpaired) electrons. The molecule has 2 aromatic carbocycles. The molecule has 2 aromatic rings. The first-order valence-corrected chi connectivity index (χ1v) is 6.49. The summed E-state index contributed by atoms with van der Waals surface area (Å²) < 4.78 is 18.7. The summed E-state index contributed by atoms with van der Waals surface area (Å²) >= 11 is 5.73. The fraction of sp³-hybridized carbons (Fsp3) is 0.200. The Morgan fingerprint density at radius 3 is 2.60 bits per heavy atom. The highest BCUT2D eigenvalue weighted by Crippen LogP contribution is 2.28. The van der Waals surface area contributed by atoms with E-state index in [1.165, 1.54) is 6.07 Å². The van der Waals surface area contributed by atoms with Crippen LogP contribution in [0.15, 0.2) is 36.4 Å². The van der Waals surface area contributed by atoms with Crippen molar-refractivity contribution in [2.75, 3.05) is 24.7 Å². The highest BCUT2D eigenvalue weighted by molar-refractivity contribution is 6.30. The molecule has 0 saturated carbocycles. The maximum Gasteiger partial charge on any atom is 0.144 e. The van der Waals surface area contributed by atoms with Gasteiger partial charge in [0.15, 0.2) is 0 Å². The van der Waals surface area contributed by atoms with Gasteiger partial charge < -0.3 is 15.4 Å². The summed E-state index contributed by atoms with van der Waals surface area (Å²) in [7, 11) is 3.88. The van der Waals surface area contributed by atoms with Gasteiger partial charge in [0.25, 0.3) is 0 Å². The average molecular weight is 295 g/mol. The molecular weight excluding hydrogens is 279 g/mol. The van der Waals surface area contributed by atoms with Crippen molar-refractivity contribution in [1.82, 2.24) is 0 Å². The van der Waals surface area contributed by atoms with Crippen LogP contribution in [0.2, 0.25) is 5.02 Å². The molecule has 3 nitrogen and oxygen atoms in total. The van der Waals surface area contributed by atoms with Crippen LogP contribution in [0.1, 0.15) is 5.56 Å². The molecule has 0 saturated heterocycles. The van der Waals surface area contributed by atoms with Crippen LogP contribution in [0.3, 0.4) is 0 Å². The molecule has 0 bridgehead atoms. The molecule has 5 heteroatoms. The van der Waals surface area contributed by atoms with E-state index in [1.807, 2.05) is 31.1 Å². The van der Waals surface area contributed by atoms with Crippen LogP contribution in [-0.4, -0.2) is 14.1 Å². The van der Waals surface area contributed by atoms with Crippen molar-refractivity contribution >= 4 is 23.0 Å². The summed E-state index contributed by atoms with van der Waals surface area (Å²) in [4.78, 5) is 1.96. The smallest absolute Gasteiger partial charge is 0.144 e. The summed E-state index contributed by atoms with van der Waals surface area (Å²) in [5.41, 5.74) is 8.21. The maximum atomic E-state index is 13.1. The minimum absolute atomic E-state index is 0.0844. The van der Waals surface area contributed by atoms with Gasteiger partial charge in [-0.25, -0.2) is 4.39 Å². The van der Waals surface area contributed by atoms with E-state index in [4.69, 9.17) is 22.1 Å². The van der Waals surface area contributed by atoms with Gasteiger partial charge in [-0.05, 0) is 29.8 Å². The minimum Gasteiger partial charge on any atom is -0.487 e. The summed E-state index contributed by atoms with van der Waals surface area (Å²) in [6, 6.07) is 10.1. The molecule has 0 fully saturated rings. The predicted molar refractivity (Wildman–Crippen MR) is 80.9 cm³/mol. The van der Waals surface area contributed by atoms with E-state index in [-0.39, 0.29) is 11.6 Å². The minimum atomic E-state index is -0.440. The lowest BCUT2D eigenvalue weighted by Gasteiger charge is -2.16. The summed E-state index contributed by atoms with van der Waals surface area (Å²) in [6.07, 6.45) is 0. The second kappa shape index (κ2) is 6.01. The molecule has 106 valence electrons. The first kappa shape index (κ1) is 14.5. The predicted octanol–water partition coefficient (Wildman–Crippen LogP) is 3.71. The fourth-order valence-electron chi connectivity index (χ4n) is 1.72. The maximum absolute atomic E-state index is 13.1. The Labute approximate surface area is 122 Å². The Bertz CT molecular complexity index is 617. The summed E-state index contributed by atoms with van der Waals surface area (Å²) in [5, 5.41) is 0.0844. The monoisotopic (exact) mass is 294 g/mol. The Morgan fingerprint density at radius 1 is 1.20 bits per heavy atom. The molecule has 0 amide bonds. The normalized spacial score (nSPS) is 10.4. The number of anilines is 2. The Hall–Kier alpha value is -1.94. The van der Waals surface area contributed by atoms with E-state index >= 15 is 0 Å². The molecule has 0 aromatic heterocycles. The van der Waals surface area contributed by atoms with Crippen LogP contribution in [0.25, 0.3) is 0 Å². The first-order chi connectivity index (χ1) is 9.47. The zero-order chi connectivity index (χ0) is 14.7. The molecular formula is C15H16ClFN2O. The van der Waals surface area contributed by atoms with Crippen molar-refractivity contribution < 1.29 is 9.13 Å². The van der Waals surface area contributed by atoms with Crippen molar-refractivity contribution in [3.63, 3.8) is 0 Å². The van der Waals surface area contributed by atoms with E-state index in [9.17, 15) is 4.39 Å². The van der Waals surface area contributed by atoms with Crippen molar-refractivity contribution in [2.24, 2.45) is 0 Å². The first-order valence-electron chi connectivity index (χ1n) is 6.11. The quantitative estimate of drug-likeness (QED) is 0.874. The number of hydrogen-bond donors (Lipinski definition) is 1. The molecule has 0 unspecified atom stereocenters. The van der Waals surface area contributed by atoms with Crippen molar-refractivity contribution in [3.8, 4) is 5.75 Å². The van der Waals surface area contributed by atoms with Gasteiger partial charge in [-0.2, -0.15) is 0 Å². The molecule has 0 aliphatic heterocycles. The van der Waals surface area contributed by atoms with Gasteiger partial charge in [-0.15, -0.1) is 0 Å². The molecule has 0 heterocycles. The van der Waals surface area contributed by atoms with Crippen LogP contribution < -0.4 is 15.4 Å². The summed E-state index contributed by atoms with van der Waals surface area (Å²) in [5.74, 6) is 0.154. The SMILES string of the molecule is CN(C)c1ccc(N)c(OCc2ccc(F)c(Cl)c2)c1. The van der Waals surface area contributed by atoms with Gasteiger partial charge in [0.05, 0.1) is 10.7 Å². The number of nitrogens with two attached hydrogens (primary N) is 1. The lowest BCUT2D eigenvalue weighted by molar-refractivity contribution is 0.308. The van der Waals surface area contributed by atoms with Gasteiger partial charge >= 0.3 is 0 Å². The highest BCUT2D eigenvalue weighted by atomic mass is 35.5. The topological polar surface area (TPSA) is 38.5 Å². The second-order valence-corrected chi connectivity index (χ2v) is 5.06. The highest BCUT2D eigenvalue weighted by Gasteiger charge is 2.06. The van der Waals surface area contributed by atoms with Crippen LogP contribution >= 0.6 is 11.6 Å². The van der Waals surface area contributed by atoms with E-state index in [0.29, 0.717) is 11.4 Å². The zero-order valence-electron chi connectivity index (χ0n) is 11.4. The fourth-order valence-corrected chi connectivity index (χ4v) is 1.92. The molecule has 0 spiro atoms. The molecule has 2 rings (SSSR count). The third-order valence-electron chi connectivity index (χ3n) is 2.89. The lowest BCUT2D eigenvalue weighted by Crippen LogP contribution is -2.09. The van der Waals surface area contributed by atoms with E-state index in [1.54, 1.807) is 18.2 Å². The van der Waals surface area contributed by atoms with Crippen LogP contribution in [-0.2, 0) is 6.61 Å². The van der Waals surface area contributed by atoms with E-state index < -0.39 is 5.82 Å². The van der Waals surface area contributed by atoms with Crippen LogP contribution in [0.5, 0.6) is 5.75 Å². The Morgan fingerprint density at radius 2 is 1.95 bits per heavy atom. The molecule has 0 atom stereocenters. The third-order valence-corrected chi connectivity index (χ3v) is 3.18. The number of halogens is 2. The molecule has 0 aliphatic carbocycles. The lowest BCUT2D eigenvalue weighted by atomic mass is 10.2. The molecule has 20 heavy (non-hydrogen) atoms. The van der Waals surface area contributed by atoms with Gasteiger partial charge in [-0.3, -0.25) is 0 Å². The van der Waals surface area contributed by atoms with Gasteiger partial charge in [0, 0.05) is 25.8 Å². The Balaban J connectivity index is 2.13.